The van der Waals surface area contributed by atoms with Crippen LogP contribution in [0.25, 0.3) is 0 Å². The summed E-state index contributed by atoms with van der Waals surface area (Å²) >= 11 is 0. The highest BCUT2D eigenvalue weighted by Gasteiger charge is 2.05. The quantitative estimate of drug-likeness (QED) is 0.320. The molecule has 0 bridgehead atoms. The second kappa shape index (κ2) is 11.8. The minimum atomic E-state index is -0.568. The number of carbonyl (C=O) groups excluding carboxylic acids is 2. The van der Waals surface area contributed by atoms with Gasteiger partial charge in [-0.3, -0.25) is 9.59 Å². The number of methoxy groups -OCH3 is 2. The Morgan fingerprint density at radius 1 is 0.903 bits per heavy atom. The molecule has 0 aliphatic rings. The summed E-state index contributed by atoms with van der Waals surface area (Å²) in [4.78, 5) is 23.4. The zero-order valence-electron chi connectivity index (χ0n) is 16.9. The van der Waals surface area contributed by atoms with Gasteiger partial charge >= 0.3 is 0 Å². The summed E-state index contributed by atoms with van der Waals surface area (Å²) in [6.45, 7) is -0.782. The van der Waals surface area contributed by atoms with Gasteiger partial charge in [-0.15, -0.1) is 0 Å². The van der Waals surface area contributed by atoms with Gasteiger partial charge in [-0.2, -0.15) is 10.2 Å². The smallest absolute Gasteiger partial charge is 0.266 e. The minimum absolute atomic E-state index is 0.0121. The molecular weight excluding hydrogens is 408 g/mol. The molecule has 0 aliphatic heterocycles. The number of ether oxygens (including phenoxy) is 3. The highest BCUT2D eigenvalue weighted by atomic mass is 16.5. The van der Waals surface area contributed by atoms with E-state index in [0.29, 0.717) is 16.9 Å². The summed E-state index contributed by atoms with van der Waals surface area (Å²) in [7, 11) is 2.86. The van der Waals surface area contributed by atoms with Crippen molar-refractivity contribution >= 4 is 24.2 Å². The van der Waals surface area contributed by atoms with E-state index in [4.69, 9.17) is 14.2 Å². The van der Waals surface area contributed by atoms with Crippen LogP contribution in [0.4, 0.5) is 0 Å². The van der Waals surface area contributed by atoms with Crippen molar-refractivity contribution in [1.82, 2.24) is 10.9 Å². The Hall–Kier alpha value is -4.12. The zero-order valence-corrected chi connectivity index (χ0v) is 16.9. The third kappa shape index (κ3) is 7.66. The fraction of sp³-hybridized carbons (Fsp3) is 0.200. The first-order chi connectivity index (χ1) is 14.9. The monoisotopic (exact) mass is 430 g/mol. The fourth-order valence-electron chi connectivity index (χ4n) is 2.23. The molecule has 11 heteroatoms. The molecule has 0 fully saturated rings. The molecule has 2 aromatic rings. The molecule has 0 saturated heterocycles. The largest absolute Gasteiger partial charge is 0.508 e. The SMILES string of the molecule is COc1cc(/C=N\NC(=O)COCC(=O)N/N=C/c2ccc(O)cc2OC)ccc1O. The molecule has 0 aromatic heterocycles. The maximum Gasteiger partial charge on any atom is 0.266 e. The van der Waals surface area contributed by atoms with Crippen LogP contribution >= 0.6 is 0 Å². The van der Waals surface area contributed by atoms with E-state index < -0.39 is 18.4 Å². The molecule has 0 heterocycles. The van der Waals surface area contributed by atoms with E-state index in [-0.39, 0.29) is 23.9 Å². The Kier molecular flexibility index (Phi) is 8.80. The summed E-state index contributed by atoms with van der Waals surface area (Å²) in [6, 6.07) is 8.99. The van der Waals surface area contributed by atoms with Gasteiger partial charge in [0.2, 0.25) is 0 Å². The molecule has 2 amide bonds. The van der Waals surface area contributed by atoms with Crippen LogP contribution in [0.5, 0.6) is 23.0 Å². The van der Waals surface area contributed by atoms with Crippen molar-refractivity contribution in [3.63, 3.8) is 0 Å². The van der Waals surface area contributed by atoms with E-state index in [2.05, 4.69) is 21.1 Å². The number of hydrazone groups is 2. The summed E-state index contributed by atoms with van der Waals surface area (Å²) in [5.74, 6) is -0.444. The molecule has 0 saturated carbocycles. The van der Waals surface area contributed by atoms with Crippen molar-refractivity contribution in [2.24, 2.45) is 10.2 Å². The lowest BCUT2D eigenvalue weighted by atomic mass is 10.2. The number of carbonyl (C=O) groups is 2. The zero-order chi connectivity index (χ0) is 22.6. The Bertz CT molecular complexity index is 976. The molecule has 0 atom stereocenters. The third-order valence-electron chi connectivity index (χ3n) is 3.68. The lowest BCUT2D eigenvalue weighted by Crippen LogP contribution is -2.28. The molecule has 11 nitrogen and oxygen atoms in total. The number of rotatable bonds is 10. The average Bonchev–Trinajstić information content (AvgIpc) is 2.75. The van der Waals surface area contributed by atoms with Gasteiger partial charge in [-0.05, 0) is 35.9 Å². The number of amides is 2. The normalized spacial score (nSPS) is 10.9. The molecule has 0 spiro atoms. The first-order valence-corrected chi connectivity index (χ1v) is 8.88. The number of hydrogen-bond donors (Lipinski definition) is 4. The molecule has 2 rings (SSSR count). The van der Waals surface area contributed by atoms with Crippen molar-refractivity contribution in [2.75, 3.05) is 27.4 Å². The highest BCUT2D eigenvalue weighted by Crippen LogP contribution is 2.25. The Balaban J connectivity index is 1.70. The minimum Gasteiger partial charge on any atom is -0.508 e. The first kappa shape index (κ1) is 23.2. The van der Waals surface area contributed by atoms with E-state index in [1.54, 1.807) is 18.2 Å². The number of benzene rings is 2. The number of nitrogens with one attached hydrogen (secondary N) is 2. The predicted octanol–water partition coefficient (Wildman–Crippen LogP) is 0.732. The van der Waals surface area contributed by atoms with Crippen LogP contribution in [0, 0.1) is 0 Å². The maximum absolute atomic E-state index is 11.7. The van der Waals surface area contributed by atoms with E-state index in [0.717, 1.165) is 0 Å². The molecular formula is C20H22N4O7. The standard InChI is InChI=1S/C20H22N4O7/c1-29-17-8-15(25)5-4-14(17)10-22-24-20(28)12-31-11-19(27)23-21-9-13-3-6-16(26)18(7-13)30-2/h3-10,25-26H,11-12H2,1-2H3,(H,23,27)(H,24,28)/b21-9-,22-10+. The van der Waals surface area contributed by atoms with Gasteiger partial charge in [-0.25, -0.2) is 10.9 Å². The maximum atomic E-state index is 11.7. The lowest BCUT2D eigenvalue weighted by molar-refractivity contribution is -0.130. The van der Waals surface area contributed by atoms with E-state index >= 15 is 0 Å². The van der Waals surface area contributed by atoms with E-state index in [9.17, 15) is 19.8 Å². The van der Waals surface area contributed by atoms with Crippen LogP contribution in [0.3, 0.4) is 0 Å². The number of nitrogens with zero attached hydrogens (tertiary/aromatic N) is 2. The second-order valence-corrected chi connectivity index (χ2v) is 5.94. The Morgan fingerprint density at radius 2 is 1.55 bits per heavy atom. The van der Waals surface area contributed by atoms with Gasteiger partial charge in [0, 0.05) is 11.6 Å². The third-order valence-corrected chi connectivity index (χ3v) is 3.68. The number of phenolic OH excluding ortho intramolecular Hbond substituents is 2. The number of aromatic hydroxyl groups is 2. The lowest BCUT2D eigenvalue weighted by Gasteiger charge is -2.05. The van der Waals surface area contributed by atoms with Gasteiger partial charge < -0.3 is 24.4 Å². The molecule has 0 unspecified atom stereocenters. The number of hydrogen-bond acceptors (Lipinski definition) is 9. The molecule has 4 N–H and O–H groups in total. The summed E-state index contributed by atoms with van der Waals surface area (Å²) in [6.07, 6.45) is 2.70. The van der Waals surface area contributed by atoms with Crippen LogP contribution in [0.15, 0.2) is 46.6 Å². The van der Waals surface area contributed by atoms with Crippen LogP contribution in [-0.2, 0) is 14.3 Å². The molecule has 164 valence electrons. The Morgan fingerprint density at radius 3 is 2.19 bits per heavy atom. The van der Waals surface area contributed by atoms with Gasteiger partial charge in [0.1, 0.15) is 24.7 Å². The van der Waals surface area contributed by atoms with Gasteiger partial charge in [0.05, 0.1) is 26.6 Å². The van der Waals surface area contributed by atoms with E-state index in [1.807, 2.05) is 0 Å². The van der Waals surface area contributed by atoms with Crippen molar-refractivity contribution < 1.29 is 34.0 Å². The van der Waals surface area contributed by atoms with Crippen molar-refractivity contribution in [1.29, 1.82) is 0 Å². The van der Waals surface area contributed by atoms with Gasteiger partial charge in [0.25, 0.3) is 11.8 Å². The summed E-state index contributed by atoms with van der Waals surface area (Å²) < 4.78 is 15.1. The molecule has 31 heavy (non-hydrogen) atoms. The van der Waals surface area contributed by atoms with Crippen molar-refractivity contribution in [3.05, 3.63) is 47.5 Å². The van der Waals surface area contributed by atoms with Gasteiger partial charge in [0.15, 0.2) is 11.5 Å². The van der Waals surface area contributed by atoms with Crippen LogP contribution in [0.1, 0.15) is 11.1 Å². The van der Waals surface area contributed by atoms with Crippen molar-refractivity contribution in [2.45, 2.75) is 0 Å². The molecule has 0 aliphatic carbocycles. The predicted molar refractivity (Wildman–Crippen MR) is 112 cm³/mol. The Labute approximate surface area is 177 Å². The molecule has 2 aromatic carbocycles. The summed E-state index contributed by atoms with van der Waals surface area (Å²) in [5.41, 5.74) is 5.63. The summed E-state index contributed by atoms with van der Waals surface area (Å²) in [5, 5.41) is 26.4. The van der Waals surface area contributed by atoms with Gasteiger partial charge in [-0.1, -0.05) is 0 Å². The highest BCUT2D eigenvalue weighted by molar-refractivity contribution is 5.86. The van der Waals surface area contributed by atoms with Crippen molar-refractivity contribution in [3.8, 4) is 23.0 Å². The first-order valence-electron chi connectivity index (χ1n) is 8.88. The molecule has 0 radical (unpaired) electrons. The van der Waals surface area contributed by atoms with Crippen LogP contribution in [-0.4, -0.2) is 61.9 Å². The van der Waals surface area contributed by atoms with E-state index in [1.165, 1.54) is 44.8 Å². The van der Waals surface area contributed by atoms with Crippen LogP contribution < -0.4 is 20.3 Å². The fourth-order valence-corrected chi connectivity index (χ4v) is 2.23. The average molecular weight is 430 g/mol. The number of phenols is 2. The topological polar surface area (TPSA) is 151 Å². The van der Waals surface area contributed by atoms with Crippen LogP contribution in [0.2, 0.25) is 0 Å². The second-order valence-electron chi connectivity index (χ2n) is 5.94.